The van der Waals surface area contributed by atoms with Gasteiger partial charge >= 0.3 is 0 Å². The van der Waals surface area contributed by atoms with E-state index in [1.165, 1.54) is 18.2 Å². The number of phenolic OH excluding ortho intramolecular Hbond substituents is 1. The van der Waals surface area contributed by atoms with Crippen LogP contribution in [-0.2, 0) is 14.7 Å². The fourth-order valence-electron chi connectivity index (χ4n) is 1.59. The number of sulfone groups is 1. The standard InChI is InChI=1S/C9H9NO4S/c10-14-4-6-5-15(12,13)8-3-1-2-7(11)9(6)8/h1-3,5,11H,4,10H2. The number of hydrogen-bond acceptors (Lipinski definition) is 5. The molecule has 6 heteroatoms. The molecular weight excluding hydrogens is 218 g/mol. The second-order valence-electron chi connectivity index (χ2n) is 3.15. The summed E-state index contributed by atoms with van der Waals surface area (Å²) < 4.78 is 23.2. The van der Waals surface area contributed by atoms with Crippen LogP contribution in [0.1, 0.15) is 5.56 Å². The van der Waals surface area contributed by atoms with Gasteiger partial charge in [0, 0.05) is 16.5 Å². The molecule has 80 valence electrons. The number of aromatic hydroxyl groups is 1. The fourth-order valence-corrected chi connectivity index (χ4v) is 3.06. The highest BCUT2D eigenvalue weighted by Crippen LogP contribution is 2.38. The number of phenols is 1. The van der Waals surface area contributed by atoms with Gasteiger partial charge in [-0.05, 0) is 12.1 Å². The Hall–Kier alpha value is -1.37. The van der Waals surface area contributed by atoms with Crippen molar-refractivity contribution in [3.05, 3.63) is 29.2 Å². The molecule has 1 aliphatic rings. The summed E-state index contributed by atoms with van der Waals surface area (Å²) in [5.74, 6) is 4.80. The number of fused-ring (bicyclic) bond motifs is 1. The highest BCUT2D eigenvalue weighted by molar-refractivity contribution is 7.95. The molecule has 0 aromatic heterocycles. The molecule has 0 atom stereocenters. The van der Waals surface area contributed by atoms with Gasteiger partial charge in [0.2, 0.25) is 9.84 Å². The molecule has 5 nitrogen and oxygen atoms in total. The van der Waals surface area contributed by atoms with E-state index in [2.05, 4.69) is 4.84 Å². The van der Waals surface area contributed by atoms with Gasteiger partial charge in [0.25, 0.3) is 0 Å². The molecule has 1 aromatic carbocycles. The van der Waals surface area contributed by atoms with Crippen molar-refractivity contribution in [1.82, 2.24) is 0 Å². The molecule has 3 N–H and O–H groups in total. The molecule has 0 saturated heterocycles. The minimum Gasteiger partial charge on any atom is -0.507 e. The van der Waals surface area contributed by atoms with Crippen molar-refractivity contribution in [3.63, 3.8) is 0 Å². The summed E-state index contributed by atoms with van der Waals surface area (Å²) in [6, 6.07) is 4.33. The zero-order chi connectivity index (χ0) is 11.1. The summed E-state index contributed by atoms with van der Waals surface area (Å²) in [5.41, 5.74) is 0.647. The highest BCUT2D eigenvalue weighted by Gasteiger charge is 2.29. The summed E-state index contributed by atoms with van der Waals surface area (Å²) in [6.45, 7) is -0.0518. The molecule has 0 fully saturated rings. The summed E-state index contributed by atoms with van der Waals surface area (Å²) in [6.07, 6.45) is 0. The van der Waals surface area contributed by atoms with E-state index in [9.17, 15) is 13.5 Å². The summed E-state index contributed by atoms with van der Waals surface area (Å²) in [5, 5.41) is 10.6. The third-order valence-corrected chi connectivity index (χ3v) is 3.72. The van der Waals surface area contributed by atoms with Crippen LogP contribution >= 0.6 is 0 Å². The molecule has 1 aliphatic heterocycles. The average molecular weight is 227 g/mol. The van der Waals surface area contributed by atoms with Crippen molar-refractivity contribution in [3.8, 4) is 5.75 Å². The minimum atomic E-state index is -3.46. The molecule has 2 rings (SSSR count). The lowest BCUT2D eigenvalue weighted by molar-refractivity contribution is 0.173. The van der Waals surface area contributed by atoms with Gasteiger partial charge in [-0.1, -0.05) is 6.07 Å². The second kappa shape index (κ2) is 3.34. The van der Waals surface area contributed by atoms with Crippen LogP contribution in [0.3, 0.4) is 0 Å². The summed E-state index contributed by atoms with van der Waals surface area (Å²) in [7, 11) is -3.46. The largest absolute Gasteiger partial charge is 0.507 e. The third kappa shape index (κ3) is 1.52. The Morgan fingerprint density at radius 2 is 2.13 bits per heavy atom. The van der Waals surface area contributed by atoms with Crippen LogP contribution in [-0.4, -0.2) is 20.1 Å². The van der Waals surface area contributed by atoms with Gasteiger partial charge in [0.15, 0.2) is 0 Å². The Balaban J connectivity index is 2.69. The van der Waals surface area contributed by atoms with E-state index in [0.29, 0.717) is 5.57 Å². The molecule has 0 bridgehead atoms. The molecule has 0 spiro atoms. The van der Waals surface area contributed by atoms with E-state index in [1.54, 1.807) is 0 Å². The number of benzene rings is 1. The molecule has 0 amide bonds. The lowest BCUT2D eigenvalue weighted by atomic mass is 10.1. The fraction of sp³-hybridized carbons (Fsp3) is 0.111. The van der Waals surface area contributed by atoms with Gasteiger partial charge in [-0.2, -0.15) is 0 Å². The van der Waals surface area contributed by atoms with Gasteiger partial charge in [-0.15, -0.1) is 0 Å². The predicted octanol–water partition coefficient (Wildman–Crippen LogP) is 0.411. The highest BCUT2D eigenvalue weighted by atomic mass is 32.2. The number of rotatable bonds is 2. The van der Waals surface area contributed by atoms with Crippen molar-refractivity contribution in [2.24, 2.45) is 5.90 Å². The topological polar surface area (TPSA) is 89.6 Å². The Morgan fingerprint density at radius 1 is 1.40 bits per heavy atom. The second-order valence-corrected chi connectivity index (χ2v) is 4.91. The van der Waals surface area contributed by atoms with Crippen LogP contribution < -0.4 is 5.90 Å². The molecule has 0 radical (unpaired) electrons. The number of hydrogen-bond donors (Lipinski definition) is 2. The Kier molecular flexibility index (Phi) is 2.26. The Morgan fingerprint density at radius 3 is 2.80 bits per heavy atom. The zero-order valence-corrected chi connectivity index (χ0v) is 8.49. The average Bonchev–Trinajstić information content (AvgIpc) is 2.41. The van der Waals surface area contributed by atoms with E-state index in [4.69, 9.17) is 5.90 Å². The van der Waals surface area contributed by atoms with E-state index >= 15 is 0 Å². The van der Waals surface area contributed by atoms with Gasteiger partial charge in [-0.25, -0.2) is 14.3 Å². The maximum absolute atomic E-state index is 11.6. The van der Waals surface area contributed by atoms with Crippen LogP contribution in [0.15, 0.2) is 28.5 Å². The first-order valence-electron chi connectivity index (χ1n) is 4.16. The quantitative estimate of drug-likeness (QED) is 0.714. The van der Waals surface area contributed by atoms with Crippen molar-refractivity contribution in [2.45, 2.75) is 4.90 Å². The smallest absolute Gasteiger partial charge is 0.200 e. The van der Waals surface area contributed by atoms with Crippen molar-refractivity contribution in [1.29, 1.82) is 0 Å². The molecule has 15 heavy (non-hydrogen) atoms. The first kappa shape index (κ1) is 10.2. The lowest BCUT2D eigenvalue weighted by Crippen LogP contribution is -2.02. The zero-order valence-electron chi connectivity index (χ0n) is 7.67. The van der Waals surface area contributed by atoms with Crippen LogP contribution in [0.5, 0.6) is 5.75 Å². The molecule has 0 saturated carbocycles. The molecule has 0 unspecified atom stereocenters. The van der Waals surface area contributed by atoms with Crippen molar-refractivity contribution in [2.75, 3.05) is 6.61 Å². The van der Waals surface area contributed by atoms with Crippen molar-refractivity contribution >= 4 is 15.4 Å². The molecule has 1 aromatic rings. The molecule has 0 aliphatic carbocycles. The monoisotopic (exact) mass is 227 g/mol. The molecular formula is C9H9NO4S. The predicted molar refractivity (Wildman–Crippen MR) is 53.4 cm³/mol. The van der Waals surface area contributed by atoms with Gasteiger partial charge in [-0.3, -0.25) is 4.84 Å². The van der Waals surface area contributed by atoms with Crippen LogP contribution in [0.4, 0.5) is 0 Å². The van der Waals surface area contributed by atoms with E-state index in [-0.39, 0.29) is 22.8 Å². The lowest BCUT2D eigenvalue weighted by Gasteiger charge is -2.04. The van der Waals surface area contributed by atoms with Gasteiger partial charge in [0.05, 0.1) is 11.5 Å². The van der Waals surface area contributed by atoms with Gasteiger partial charge < -0.3 is 5.11 Å². The van der Waals surface area contributed by atoms with Crippen LogP contribution in [0.25, 0.3) is 5.57 Å². The minimum absolute atomic E-state index is 0.0518. The maximum atomic E-state index is 11.6. The van der Waals surface area contributed by atoms with Crippen molar-refractivity contribution < 1.29 is 18.4 Å². The SMILES string of the molecule is NOCC1=CS(=O)(=O)c2cccc(O)c21. The van der Waals surface area contributed by atoms with E-state index in [1.807, 2.05) is 0 Å². The summed E-state index contributed by atoms with van der Waals surface area (Å²) >= 11 is 0. The maximum Gasteiger partial charge on any atom is 0.200 e. The van der Waals surface area contributed by atoms with Gasteiger partial charge in [0.1, 0.15) is 5.75 Å². The van der Waals surface area contributed by atoms with E-state index in [0.717, 1.165) is 5.41 Å². The first-order valence-corrected chi connectivity index (χ1v) is 5.70. The Labute approximate surface area is 86.7 Å². The first-order chi connectivity index (χ1) is 7.06. The normalized spacial score (nSPS) is 17.3. The molecule has 1 heterocycles. The summed E-state index contributed by atoms with van der Waals surface area (Å²) in [4.78, 5) is 4.48. The van der Waals surface area contributed by atoms with Crippen LogP contribution in [0.2, 0.25) is 0 Å². The van der Waals surface area contributed by atoms with E-state index < -0.39 is 9.84 Å². The van der Waals surface area contributed by atoms with Crippen LogP contribution in [0, 0.1) is 0 Å². The Bertz CT molecular complexity index is 533. The third-order valence-electron chi connectivity index (χ3n) is 2.17. The number of nitrogens with two attached hydrogens (primary N) is 1.